The molecule has 2 N–H and O–H groups in total. The minimum atomic E-state index is -1.10. The number of amides is 2. The largest absolute Gasteiger partial charge is 0.477 e. The van der Waals surface area contributed by atoms with Gasteiger partial charge in [0.2, 0.25) is 11.8 Å². The molecule has 2 amide bonds. The van der Waals surface area contributed by atoms with E-state index in [0.717, 1.165) is 0 Å². The van der Waals surface area contributed by atoms with Crippen LogP contribution in [-0.4, -0.2) is 32.3 Å². The van der Waals surface area contributed by atoms with Crippen molar-refractivity contribution in [2.45, 2.75) is 18.8 Å². The third kappa shape index (κ3) is 1.93. The summed E-state index contributed by atoms with van der Waals surface area (Å²) in [5.41, 5.74) is 1.23. The predicted octanol–water partition coefficient (Wildman–Crippen LogP) is 0.553. The van der Waals surface area contributed by atoms with E-state index in [-0.39, 0.29) is 23.9 Å². The summed E-state index contributed by atoms with van der Waals surface area (Å²) in [7, 11) is 0. The first kappa shape index (κ1) is 12.3. The van der Waals surface area contributed by atoms with Crippen molar-refractivity contribution in [1.82, 2.24) is 14.7 Å². The third-order valence-corrected chi connectivity index (χ3v) is 3.41. The Morgan fingerprint density at radius 3 is 2.90 bits per heavy atom. The maximum atomic E-state index is 11.9. The number of nitrogens with one attached hydrogen (secondary N) is 1. The zero-order valence-electron chi connectivity index (χ0n) is 10.4. The SMILES string of the molecule is O=C1CCC(c2cc(C(=O)O)n3cncc3c2)C(=O)N1. The molecule has 3 rings (SSSR count). The lowest BCUT2D eigenvalue weighted by Gasteiger charge is -2.21. The summed E-state index contributed by atoms with van der Waals surface area (Å²) >= 11 is 0. The highest BCUT2D eigenvalue weighted by Gasteiger charge is 2.29. The number of rotatable bonds is 2. The van der Waals surface area contributed by atoms with Crippen molar-refractivity contribution < 1.29 is 19.5 Å². The number of fused-ring (bicyclic) bond motifs is 1. The maximum Gasteiger partial charge on any atom is 0.352 e. The average Bonchev–Trinajstić information content (AvgIpc) is 2.85. The summed E-state index contributed by atoms with van der Waals surface area (Å²) < 4.78 is 1.44. The standard InChI is InChI=1S/C13H11N3O4/c17-11-2-1-9(12(18)15-11)7-3-8-5-14-6-16(8)10(4-7)13(19)20/h3-6,9H,1-2H2,(H,19,20)(H,15,17,18). The van der Waals surface area contributed by atoms with Crippen LogP contribution in [0.3, 0.4) is 0 Å². The summed E-state index contributed by atoms with van der Waals surface area (Å²) in [5, 5.41) is 11.5. The first-order chi connectivity index (χ1) is 9.56. The van der Waals surface area contributed by atoms with Crippen LogP contribution in [-0.2, 0) is 9.59 Å². The number of aromatic carboxylic acids is 1. The molecule has 0 saturated carbocycles. The second-order valence-corrected chi connectivity index (χ2v) is 4.67. The number of imide groups is 1. The van der Waals surface area contributed by atoms with E-state index in [9.17, 15) is 19.5 Å². The lowest BCUT2D eigenvalue weighted by Crippen LogP contribution is -2.39. The summed E-state index contributed by atoms with van der Waals surface area (Å²) in [5.74, 6) is -2.29. The zero-order valence-corrected chi connectivity index (χ0v) is 10.4. The lowest BCUT2D eigenvalue weighted by molar-refractivity contribution is -0.134. The fourth-order valence-electron chi connectivity index (χ4n) is 2.43. The van der Waals surface area contributed by atoms with Gasteiger partial charge in [0.25, 0.3) is 0 Å². The smallest absolute Gasteiger partial charge is 0.352 e. The number of carbonyl (C=O) groups is 3. The molecule has 102 valence electrons. The molecule has 0 aliphatic carbocycles. The van der Waals surface area contributed by atoms with Gasteiger partial charge in [-0.3, -0.25) is 19.3 Å². The van der Waals surface area contributed by atoms with E-state index in [0.29, 0.717) is 17.5 Å². The molecule has 2 aromatic heterocycles. The zero-order chi connectivity index (χ0) is 14.3. The van der Waals surface area contributed by atoms with Crippen LogP contribution in [0.25, 0.3) is 5.52 Å². The Labute approximate surface area is 113 Å². The highest BCUT2D eigenvalue weighted by atomic mass is 16.4. The molecule has 0 radical (unpaired) electrons. The predicted molar refractivity (Wildman–Crippen MR) is 67.3 cm³/mol. The molecule has 0 spiro atoms. The van der Waals surface area contributed by atoms with Crippen molar-refractivity contribution >= 4 is 23.3 Å². The van der Waals surface area contributed by atoms with Gasteiger partial charge < -0.3 is 5.11 Å². The molecule has 7 nitrogen and oxygen atoms in total. The molecule has 1 atom stereocenters. The first-order valence-corrected chi connectivity index (χ1v) is 6.09. The molecule has 1 fully saturated rings. The highest BCUT2D eigenvalue weighted by Crippen LogP contribution is 2.27. The molecule has 3 heterocycles. The Morgan fingerprint density at radius 1 is 1.40 bits per heavy atom. The molecule has 2 aromatic rings. The molecule has 1 saturated heterocycles. The molecule has 1 unspecified atom stereocenters. The van der Waals surface area contributed by atoms with Crippen LogP contribution < -0.4 is 5.32 Å². The van der Waals surface area contributed by atoms with E-state index >= 15 is 0 Å². The van der Waals surface area contributed by atoms with Gasteiger partial charge in [0.1, 0.15) is 5.69 Å². The van der Waals surface area contributed by atoms with Crippen molar-refractivity contribution in [3.63, 3.8) is 0 Å². The Bertz CT molecular complexity index is 734. The number of piperidine rings is 1. The monoisotopic (exact) mass is 273 g/mol. The van der Waals surface area contributed by atoms with Gasteiger partial charge in [-0.2, -0.15) is 0 Å². The van der Waals surface area contributed by atoms with Gasteiger partial charge in [-0.1, -0.05) is 0 Å². The molecule has 1 aliphatic heterocycles. The van der Waals surface area contributed by atoms with E-state index in [1.165, 1.54) is 23.0 Å². The molecule has 7 heteroatoms. The van der Waals surface area contributed by atoms with Gasteiger partial charge in [-0.05, 0) is 24.1 Å². The second-order valence-electron chi connectivity index (χ2n) is 4.67. The van der Waals surface area contributed by atoms with Crippen LogP contribution in [0.15, 0.2) is 24.7 Å². The van der Waals surface area contributed by atoms with Crippen LogP contribution in [0.4, 0.5) is 0 Å². The summed E-state index contributed by atoms with van der Waals surface area (Å²) in [4.78, 5) is 38.2. The molecule has 0 aromatic carbocycles. The van der Waals surface area contributed by atoms with Crippen LogP contribution in [0.1, 0.15) is 34.8 Å². The number of hydrogen-bond acceptors (Lipinski definition) is 4. The van der Waals surface area contributed by atoms with Gasteiger partial charge in [-0.15, -0.1) is 0 Å². The van der Waals surface area contributed by atoms with Crippen molar-refractivity contribution in [3.05, 3.63) is 35.9 Å². The van der Waals surface area contributed by atoms with Crippen molar-refractivity contribution in [2.75, 3.05) is 0 Å². The lowest BCUT2D eigenvalue weighted by atomic mass is 9.90. The maximum absolute atomic E-state index is 11.9. The average molecular weight is 273 g/mol. The summed E-state index contributed by atoms with van der Waals surface area (Å²) in [6.45, 7) is 0. The molecular weight excluding hydrogens is 262 g/mol. The highest BCUT2D eigenvalue weighted by molar-refractivity contribution is 6.01. The molecule has 1 aliphatic rings. The number of carboxylic acids is 1. The van der Waals surface area contributed by atoms with Crippen LogP contribution in [0.5, 0.6) is 0 Å². The van der Waals surface area contributed by atoms with E-state index in [1.54, 1.807) is 6.07 Å². The van der Waals surface area contributed by atoms with E-state index < -0.39 is 11.9 Å². The van der Waals surface area contributed by atoms with Crippen LogP contribution >= 0.6 is 0 Å². The number of carbonyl (C=O) groups excluding carboxylic acids is 2. The van der Waals surface area contributed by atoms with Gasteiger partial charge in [0.15, 0.2) is 0 Å². The Balaban J connectivity index is 2.10. The van der Waals surface area contributed by atoms with Crippen LogP contribution in [0, 0.1) is 0 Å². The van der Waals surface area contributed by atoms with Crippen molar-refractivity contribution in [2.24, 2.45) is 0 Å². The molecule has 0 bridgehead atoms. The number of hydrogen-bond donors (Lipinski definition) is 2. The van der Waals surface area contributed by atoms with E-state index in [1.807, 2.05) is 0 Å². The molecular formula is C13H11N3O4. The number of imidazole rings is 1. The number of aromatic nitrogens is 2. The normalized spacial score (nSPS) is 19.1. The number of carboxylic acid groups (broad SMARTS) is 1. The van der Waals surface area contributed by atoms with Gasteiger partial charge >= 0.3 is 5.97 Å². The quantitative estimate of drug-likeness (QED) is 0.778. The minimum Gasteiger partial charge on any atom is -0.477 e. The summed E-state index contributed by atoms with van der Waals surface area (Å²) in [6, 6.07) is 3.18. The van der Waals surface area contributed by atoms with E-state index in [4.69, 9.17) is 0 Å². The summed E-state index contributed by atoms with van der Waals surface area (Å²) in [6.07, 6.45) is 3.58. The second kappa shape index (κ2) is 4.44. The van der Waals surface area contributed by atoms with E-state index in [2.05, 4.69) is 10.3 Å². The number of nitrogens with zero attached hydrogens (tertiary/aromatic N) is 2. The Kier molecular flexibility index (Phi) is 2.74. The van der Waals surface area contributed by atoms with Gasteiger partial charge in [0.05, 0.1) is 24.0 Å². The fraction of sp³-hybridized carbons (Fsp3) is 0.231. The third-order valence-electron chi connectivity index (χ3n) is 3.41. The topological polar surface area (TPSA) is 101 Å². The van der Waals surface area contributed by atoms with Crippen molar-refractivity contribution in [1.29, 1.82) is 0 Å². The minimum absolute atomic E-state index is 0.0414. The van der Waals surface area contributed by atoms with Crippen molar-refractivity contribution in [3.8, 4) is 0 Å². The fourth-order valence-corrected chi connectivity index (χ4v) is 2.43. The molecule has 20 heavy (non-hydrogen) atoms. The Morgan fingerprint density at radius 2 is 2.20 bits per heavy atom. The number of pyridine rings is 1. The van der Waals surface area contributed by atoms with Gasteiger partial charge in [-0.25, -0.2) is 9.78 Å². The van der Waals surface area contributed by atoms with Crippen LogP contribution in [0.2, 0.25) is 0 Å². The Hall–Kier alpha value is -2.70. The first-order valence-electron chi connectivity index (χ1n) is 6.09. The van der Waals surface area contributed by atoms with Gasteiger partial charge in [0, 0.05) is 6.42 Å².